The van der Waals surface area contributed by atoms with E-state index >= 15 is 0 Å². The molecule has 4 rings (SSSR count). The highest BCUT2D eigenvalue weighted by atomic mass is 32.2. The van der Waals surface area contributed by atoms with Crippen LogP contribution >= 0.6 is 11.3 Å². The summed E-state index contributed by atoms with van der Waals surface area (Å²) in [6.45, 7) is 0.882. The number of rotatable bonds is 6. The van der Waals surface area contributed by atoms with Crippen LogP contribution < -0.4 is 14.2 Å². The lowest BCUT2D eigenvalue weighted by Crippen LogP contribution is -2.28. The highest BCUT2D eigenvalue weighted by Crippen LogP contribution is 2.32. The Morgan fingerprint density at radius 2 is 1.76 bits per heavy atom. The predicted octanol–water partition coefficient (Wildman–Crippen LogP) is 3.59. The number of aliphatic hydroxyl groups excluding tert-OH is 1. The zero-order valence-corrected chi connectivity index (χ0v) is 17.2. The van der Waals surface area contributed by atoms with E-state index in [9.17, 15) is 13.5 Å². The molecule has 1 aliphatic rings. The summed E-state index contributed by atoms with van der Waals surface area (Å²) in [6, 6.07) is 14.0. The zero-order valence-electron chi connectivity index (χ0n) is 15.6. The third-order valence-corrected chi connectivity index (χ3v) is 6.75. The summed E-state index contributed by atoms with van der Waals surface area (Å²) in [6.07, 6.45) is -0.214. The molecule has 6 nitrogen and oxygen atoms in total. The van der Waals surface area contributed by atoms with Crippen LogP contribution in [0.25, 0.3) is 11.1 Å². The fourth-order valence-electron chi connectivity index (χ4n) is 3.03. The van der Waals surface area contributed by atoms with Crippen LogP contribution in [0.2, 0.25) is 0 Å². The Hall–Kier alpha value is -2.39. The van der Waals surface area contributed by atoms with Gasteiger partial charge in [-0.15, -0.1) is 0 Å². The lowest BCUT2D eigenvalue weighted by Gasteiger charge is -2.14. The summed E-state index contributed by atoms with van der Waals surface area (Å²) in [7, 11) is -3.80. The van der Waals surface area contributed by atoms with Gasteiger partial charge in [-0.2, -0.15) is 11.3 Å². The summed E-state index contributed by atoms with van der Waals surface area (Å²) in [5, 5.41) is 14.5. The molecule has 1 aromatic heterocycles. The monoisotopic (exact) mass is 431 g/mol. The molecule has 1 aliphatic heterocycles. The maximum absolute atomic E-state index is 12.6. The van der Waals surface area contributed by atoms with Crippen LogP contribution in [0.4, 0.5) is 0 Å². The van der Waals surface area contributed by atoms with Crippen molar-refractivity contribution in [3.63, 3.8) is 0 Å². The molecule has 2 aromatic carbocycles. The molecular formula is C21H21NO5S2. The van der Waals surface area contributed by atoms with Gasteiger partial charge in [0.15, 0.2) is 11.5 Å². The zero-order chi connectivity index (χ0) is 20.3. The van der Waals surface area contributed by atoms with Gasteiger partial charge in [-0.3, -0.25) is 0 Å². The average Bonchev–Trinajstić information content (AvgIpc) is 3.17. The molecule has 0 amide bonds. The Kier molecular flexibility index (Phi) is 5.86. The fraction of sp³-hybridized carbons (Fsp3) is 0.238. The van der Waals surface area contributed by atoms with Gasteiger partial charge >= 0.3 is 0 Å². The molecule has 29 heavy (non-hydrogen) atoms. The van der Waals surface area contributed by atoms with Gasteiger partial charge in [0, 0.05) is 19.0 Å². The van der Waals surface area contributed by atoms with Crippen LogP contribution in [-0.4, -0.2) is 33.3 Å². The molecule has 2 heterocycles. The molecule has 0 aliphatic carbocycles. The molecule has 0 fully saturated rings. The largest absolute Gasteiger partial charge is 0.490 e. The predicted molar refractivity (Wildman–Crippen MR) is 112 cm³/mol. The van der Waals surface area contributed by atoms with Gasteiger partial charge in [0.1, 0.15) is 0 Å². The van der Waals surface area contributed by atoms with Crippen molar-refractivity contribution in [2.45, 2.75) is 17.4 Å². The first-order chi connectivity index (χ1) is 14.0. The lowest BCUT2D eigenvalue weighted by molar-refractivity contribution is 0.182. The smallest absolute Gasteiger partial charge is 0.240 e. The molecule has 0 bridgehead atoms. The Morgan fingerprint density at radius 3 is 2.48 bits per heavy atom. The minimum Gasteiger partial charge on any atom is -0.490 e. The Labute approximate surface area is 173 Å². The number of thiophene rings is 1. The minimum absolute atomic E-state index is 0.0711. The van der Waals surface area contributed by atoms with Crippen molar-refractivity contribution in [3.8, 4) is 22.6 Å². The SMILES string of the molecule is O=S(=O)(NC[C@H](O)c1ccc(-c2ccsc2)cc1)c1ccc2c(c1)OCCCO2. The molecule has 152 valence electrons. The summed E-state index contributed by atoms with van der Waals surface area (Å²) in [5.41, 5.74) is 2.81. The highest BCUT2D eigenvalue weighted by molar-refractivity contribution is 7.89. The maximum atomic E-state index is 12.6. The van der Waals surface area contributed by atoms with E-state index in [0.29, 0.717) is 30.3 Å². The van der Waals surface area contributed by atoms with E-state index in [1.165, 1.54) is 12.1 Å². The van der Waals surface area contributed by atoms with Crippen LogP contribution in [0.15, 0.2) is 64.2 Å². The van der Waals surface area contributed by atoms with E-state index in [1.807, 2.05) is 23.6 Å². The van der Waals surface area contributed by atoms with E-state index in [0.717, 1.165) is 17.5 Å². The molecule has 0 saturated heterocycles. The van der Waals surface area contributed by atoms with Crippen LogP contribution in [-0.2, 0) is 10.0 Å². The van der Waals surface area contributed by atoms with E-state index in [1.54, 1.807) is 29.5 Å². The third kappa shape index (κ3) is 4.62. The molecule has 0 spiro atoms. The van der Waals surface area contributed by atoms with Gasteiger partial charge in [-0.25, -0.2) is 13.1 Å². The van der Waals surface area contributed by atoms with E-state index < -0.39 is 16.1 Å². The molecule has 0 unspecified atom stereocenters. The average molecular weight is 432 g/mol. The number of hydrogen-bond donors (Lipinski definition) is 2. The topological polar surface area (TPSA) is 84.9 Å². The summed E-state index contributed by atoms with van der Waals surface area (Å²) in [5.74, 6) is 0.946. The van der Waals surface area contributed by atoms with E-state index in [-0.39, 0.29) is 11.4 Å². The van der Waals surface area contributed by atoms with Crippen LogP contribution in [0.5, 0.6) is 11.5 Å². The number of hydrogen-bond acceptors (Lipinski definition) is 6. The first kappa shape index (κ1) is 19.9. The number of sulfonamides is 1. The van der Waals surface area contributed by atoms with Gasteiger partial charge < -0.3 is 14.6 Å². The molecule has 1 atom stereocenters. The molecular weight excluding hydrogens is 410 g/mol. The first-order valence-corrected chi connectivity index (χ1v) is 11.7. The first-order valence-electron chi connectivity index (χ1n) is 9.23. The number of fused-ring (bicyclic) bond motifs is 1. The van der Waals surface area contributed by atoms with Crippen LogP contribution in [0, 0.1) is 0 Å². The second-order valence-electron chi connectivity index (χ2n) is 6.66. The molecule has 0 saturated carbocycles. The van der Waals surface area contributed by atoms with Crippen LogP contribution in [0.1, 0.15) is 18.1 Å². The van der Waals surface area contributed by atoms with Gasteiger partial charge in [-0.05, 0) is 45.6 Å². The number of ether oxygens (including phenoxy) is 2. The van der Waals surface area contributed by atoms with E-state index in [4.69, 9.17) is 9.47 Å². The van der Waals surface area contributed by atoms with Crippen molar-refractivity contribution in [2.24, 2.45) is 0 Å². The van der Waals surface area contributed by atoms with Crippen molar-refractivity contribution >= 4 is 21.4 Å². The van der Waals surface area contributed by atoms with Crippen molar-refractivity contribution < 1.29 is 23.0 Å². The highest BCUT2D eigenvalue weighted by Gasteiger charge is 2.20. The Balaban J connectivity index is 1.43. The second kappa shape index (κ2) is 8.54. The standard InChI is InChI=1S/C21H21NO5S2/c23-19(16-4-2-15(3-5-16)17-8-11-28-14-17)13-22-29(24,25)18-6-7-20-21(12-18)27-10-1-9-26-20/h2-8,11-12,14,19,22-23H,1,9-10,13H2/t19-/m0/s1. The summed E-state index contributed by atoms with van der Waals surface area (Å²) in [4.78, 5) is 0.0711. The number of benzene rings is 2. The van der Waals surface area contributed by atoms with E-state index in [2.05, 4.69) is 10.1 Å². The minimum atomic E-state index is -3.80. The lowest BCUT2D eigenvalue weighted by atomic mass is 10.0. The number of nitrogens with one attached hydrogen (secondary N) is 1. The fourth-order valence-corrected chi connectivity index (χ4v) is 4.75. The molecule has 8 heteroatoms. The van der Waals surface area contributed by atoms with Crippen molar-refractivity contribution in [1.82, 2.24) is 4.72 Å². The molecule has 3 aromatic rings. The maximum Gasteiger partial charge on any atom is 0.240 e. The van der Waals surface area contributed by atoms with Gasteiger partial charge in [0.2, 0.25) is 10.0 Å². The van der Waals surface area contributed by atoms with Crippen molar-refractivity contribution in [2.75, 3.05) is 19.8 Å². The van der Waals surface area contributed by atoms with Gasteiger partial charge in [0.05, 0.1) is 24.2 Å². The van der Waals surface area contributed by atoms with Crippen molar-refractivity contribution in [1.29, 1.82) is 0 Å². The number of aliphatic hydroxyl groups is 1. The quantitative estimate of drug-likeness (QED) is 0.623. The van der Waals surface area contributed by atoms with Crippen LogP contribution in [0.3, 0.4) is 0 Å². The Bertz CT molecular complexity index is 1060. The van der Waals surface area contributed by atoms with Gasteiger partial charge in [0.25, 0.3) is 0 Å². The Morgan fingerprint density at radius 1 is 1.00 bits per heavy atom. The summed E-state index contributed by atoms with van der Waals surface area (Å²) < 4.78 is 38.8. The van der Waals surface area contributed by atoms with Crippen molar-refractivity contribution in [3.05, 3.63) is 64.9 Å². The van der Waals surface area contributed by atoms with Gasteiger partial charge in [-0.1, -0.05) is 24.3 Å². The molecule has 2 N–H and O–H groups in total. The molecule has 0 radical (unpaired) electrons. The summed E-state index contributed by atoms with van der Waals surface area (Å²) >= 11 is 1.62. The normalized spacial score (nSPS) is 14.9. The third-order valence-electron chi connectivity index (χ3n) is 4.65. The second-order valence-corrected chi connectivity index (χ2v) is 9.21.